The van der Waals surface area contributed by atoms with Gasteiger partial charge in [-0.15, -0.1) is 0 Å². The number of hydrogen-bond acceptors (Lipinski definition) is 1. The molecule has 0 spiro atoms. The average molecular weight is 350 g/mol. The number of aryl methyl sites for hydroxylation is 1. The van der Waals surface area contributed by atoms with Crippen molar-refractivity contribution < 1.29 is 0 Å². The van der Waals surface area contributed by atoms with Crippen LogP contribution in [-0.2, 0) is 6.42 Å². The van der Waals surface area contributed by atoms with Gasteiger partial charge in [-0.2, -0.15) is 0 Å². The van der Waals surface area contributed by atoms with Gasteiger partial charge in [-0.3, -0.25) is 5.41 Å². The molecule has 2 unspecified atom stereocenters. The third-order valence-electron chi connectivity index (χ3n) is 5.83. The minimum Gasteiger partial charge on any atom is -0.300 e. The molecule has 140 valence electrons. The maximum absolute atomic E-state index is 8.65. The summed E-state index contributed by atoms with van der Waals surface area (Å²) < 4.78 is 0. The van der Waals surface area contributed by atoms with E-state index < -0.39 is 0 Å². The van der Waals surface area contributed by atoms with Crippen molar-refractivity contribution in [2.75, 3.05) is 0 Å². The Morgan fingerprint density at radius 3 is 2.42 bits per heavy atom. The van der Waals surface area contributed by atoms with Gasteiger partial charge in [0.15, 0.2) is 0 Å². The van der Waals surface area contributed by atoms with Crippen LogP contribution in [0.1, 0.15) is 64.2 Å². The molecule has 0 fully saturated rings. The molecule has 1 heteroatoms. The van der Waals surface area contributed by atoms with E-state index in [0.717, 1.165) is 24.0 Å². The van der Waals surface area contributed by atoms with Crippen molar-refractivity contribution in [3.8, 4) is 0 Å². The van der Waals surface area contributed by atoms with E-state index in [0.29, 0.717) is 23.5 Å². The van der Waals surface area contributed by atoms with E-state index >= 15 is 0 Å². The molecule has 0 radical (unpaired) electrons. The van der Waals surface area contributed by atoms with Crippen molar-refractivity contribution in [1.29, 1.82) is 5.41 Å². The van der Waals surface area contributed by atoms with Crippen LogP contribution < -0.4 is 0 Å². The summed E-state index contributed by atoms with van der Waals surface area (Å²) in [4.78, 5) is 0. The number of hydrogen-bond donors (Lipinski definition) is 1. The first-order valence-electron chi connectivity index (χ1n) is 10.1. The van der Waals surface area contributed by atoms with Crippen LogP contribution in [0.2, 0.25) is 0 Å². The Labute approximate surface area is 160 Å². The van der Waals surface area contributed by atoms with Crippen molar-refractivity contribution in [3.63, 3.8) is 0 Å². The van der Waals surface area contributed by atoms with Crippen LogP contribution in [0.15, 0.2) is 53.6 Å². The molecule has 1 nitrogen and oxygen atoms in total. The van der Waals surface area contributed by atoms with Crippen molar-refractivity contribution >= 4 is 5.71 Å². The summed E-state index contributed by atoms with van der Waals surface area (Å²) in [5, 5.41) is 8.65. The van der Waals surface area contributed by atoms with Crippen LogP contribution in [0.3, 0.4) is 0 Å². The third-order valence-corrected chi connectivity index (χ3v) is 5.83. The lowest BCUT2D eigenvalue weighted by atomic mass is 9.79. The van der Waals surface area contributed by atoms with Crippen LogP contribution in [0, 0.1) is 30.1 Å². The summed E-state index contributed by atoms with van der Waals surface area (Å²) in [6.45, 7) is 13.2. The van der Waals surface area contributed by atoms with Gasteiger partial charge in [0.25, 0.3) is 0 Å². The van der Waals surface area contributed by atoms with Gasteiger partial charge in [-0.1, -0.05) is 69.2 Å². The third kappa shape index (κ3) is 5.06. The van der Waals surface area contributed by atoms with E-state index in [2.05, 4.69) is 84.0 Å². The summed E-state index contributed by atoms with van der Waals surface area (Å²) in [5.74, 6) is 1.94. The van der Waals surface area contributed by atoms with Gasteiger partial charge in [0.1, 0.15) is 0 Å². The lowest BCUT2D eigenvalue weighted by Crippen LogP contribution is -2.18. The monoisotopic (exact) mass is 349 g/mol. The first-order valence-corrected chi connectivity index (χ1v) is 10.1. The Bertz CT molecular complexity index is 733. The Morgan fingerprint density at radius 2 is 1.88 bits per heavy atom. The molecule has 0 saturated heterocycles. The maximum Gasteiger partial charge on any atom is 0.0641 e. The van der Waals surface area contributed by atoms with Gasteiger partial charge < -0.3 is 0 Å². The lowest BCUT2D eigenvalue weighted by Gasteiger charge is -2.26. The molecule has 0 aliphatic heterocycles. The summed E-state index contributed by atoms with van der Waals surface area (Å²) in [6, 6.07) is 6.62. The quantitative estimate of drug-likeness (QED) is 0.295. The summed E-state index contributed by atoms with van der Waals surface area (Å²) in [6.07, 6.45) is 12.3. The molecule has 1 aliphatic rings. The minimum absolute atomic E-state index is 0.612. The fourth-order valence-corrected chi connectivity index (χ4v) is 3.58. The van der Waals surface area contributed by atoms with Crippen molar-refractivity contribution in [2.24, 2.45) is 17.8 Å². The van der Waals surface area contributed by atoms with Crippen LogP contribution >= 0.6 is 0 Å². The number of allylic oxidation sites excluding steroid dienone is 6. The zero-order valence-corrected chi connectivity index (χ0v) is 17.4. The van der Waals surface area contributed by atoms with Crippen molar-refractivity contribution in [1.82, 2.24) is 0 Å². The Kier molecular flexibility index (Phi) is 7.20. The molecule has 0 aromatic heterocycles. The minimum atomic E-state index is 0.612. The van der Waals surface area contributed by atoms with Gasteiger partial charge in [0, 0.05) is 5.56 Å². The molecule has 1 N–H and O–H groups in total. The second-order valence-corrected chi connectivity index (χ2v) is 7.95. The summed E-state index contributed by atoms with van der Waals surface area (Å²) in [7, 11) is 0. The standard InChI is InChI=1S/C25H35N/c1-7-18(4)22(8-2)11-10-20(6)25(26)24-14-17(3)13-21(16-24)15-23-12-9-19(23)5/h9-14,16,18-19,23,26H,7-8,15H2,1-6H3/b20-10+,22-11-,26-25?/t18-,19?,23?/m1/s1. The molecular weight excluding hydrogens is 314 g/mol. The molecule has 0 bridgehead atoms. The average Bonchev–Trinajstić information content (AvgIpc) is 2.63. The van der Waals surface area contributed by atoms with Crippen molar-refractivity contribution in [3.05, 3.63) is 70.3 Å². The van der Waals surface area contributed by atoms with Crippen LogP contribution in [0.4, 0.5) is 0 Å². The first-order chi connectivity index (χ1) is 12.3. The first kappa shape index (κ1) is 20.4. The second kappa shape index (κ2) is 9.16. The van der Waals surface area contributed by atoms with E-state index in [1.165, 1.54) is 23.1 Å². The largest absolute Gasteiger partial charge is 0.300 e. The van der Waals surface area contributed by atoms with E-state index in [9.17, 15) is 0 Å². The van der Waals surface area contributed by atoms with Gasteiger partial charge in [0.2, 0.25) is 0 Å². The molecule has 1 aromatic rings. The summed E-state index contributed by atoms with van der Waals surface area (Å²) in [5.41, 5.74) is 6.78. The number of nitrogens with one attached hydrogen (secondary N) is 1. The van der Waals surface area contributed by atoms with Crippen LogP contribution in [0.25, 0.3) is 0 Å². The maximum atomic E-state index is 8.65. The zero-order valence-electron chi connectivity index (χ0n) is 17.4. The van der Waals surface area contributed by atoms with E-state index in [1.54, 1.807) is 0 Å². The number of benzene rings is 1. The Hall–Kier alpha value is -1.89. The van der Waals surface area contributed by atoms with Crippen molar-refractivity contribution in [2.45, 2.75) is 60.8 Å². The topological polar surface area (TPSA) is 23.9 Å². The van der Waals surface area contributed by atoms with Crippen LogP contribution in [-0.4, -0.2) is 5.71 Å². The zero-order chi connectivity index (χ0) is 19.3. The predicted molar refractivity (Wildman–Crippen MR) is 115 cm³/mol. The van der Waals surface area contributed by atoms with Gasteiger partial charge in [0.05, 0.1) is 5.71 Å². The molecule has 0 amide bonds. The molecule has 0 heterocycles. The van der Waals surface area contributed by atoms with Gasteiger partial charge in [-0.25, -0.2) is 0 Å². The molecular formula is C25H35N. The highest BCUT2D eigenvalue weighted by Crippen LogP contribution is 2.29. The lowest BCUT2D eigenvalue weighted by molar-refractivity contribution is 0.457. The SMILES string of the molecule is CC/C(=C/C=C(\C)C(=N)c1cc(C)cc(CC2C=CC2C)c1)[C@H](C)CC. The predicted octanol–water partition coefficient (Wildman–Crippen LogP) is 7.06. The highest BCUT2D eigenvalue weighted by molar-refractivity contribution is 6.10. The molecule has 0 saturated carbocycles. The van der Waals surface area contributed by atoms with Gasteiger partial charge in [-0.05, 0) is 74.1 Å². The molecule has 3 atom stereocenters. The summed E-state index contributed by atoms with van der Waals surface area (Å²) >= 11 is 0. The van der Waals surface area contributed by atoms with Crippen LogP contribution in [0.5, 0.6) is 0 Å². The molecule has 1 aromatic carbocycles. The highest BCUT2D eigenvalue weighted by atomic mass is 14.4. The fraction of sp³-hybridized carbons (Fsp3) is 0.480. The highest BCUT2D eigenvalue weighted by Gasteiger charge is 2.20. The Balaban J connectivity index is 2.19. The molecule has 2 rings (SSSR count). The molecule has 1 aliphatic carbocycles. The van der Waals surface area contributed by atoms with E-state index in [1.807, 2.05) is 0 Å². The second-order valence-electron chi connectivity index (χ2n) is 7.95. The smallest absolute Gasteiger partial charge is 0.0641 e. The van der Waals surface area contributed by atoms with E-state index in [-0.39, 0.29) is 0 Å². The van der Waals surface area contributed by atoms with Gasteiger partial charge >= 0.3 is 0 Å². The normalized spacial score (nSPS) is 21.5. The molecule has 26 heavy (non-hydrogen) atoms. The van der Waals surface area contributed by atoms with E-state index in [4.69, 9.17) is 5.41 Å². The Morgan fingerprint density at radius 1 is 1.15 bits per heavy atom. The number of rotatable bonds is 8. The fourth-order valence-electron chi connectivity index (χ4n) is 3.58.